The summed E-state index contributed by atoms with van der Waals surface area (Å²) in [6, 6.07) is 7.95. The Labute approximate surface area is 215 Å². The van der Waals surface area contributed by atoms with Crippen LogP contribution in [-0.4, -0.2) is 76.5 Å². The second-order valence-corrected chi connectivity index (χ2v) is 12.8. The van der Waals surface area contributed by atoms with Gasteiger partial charge in [-0.1, -0.05) is 24.3 Å². The van der Waals surface area contributed by atoms with E-state index in [-0.39, 0.29) is 42.9 Å². The summed E-state index contributed by atoms with van der Waals surface area (Å²) in [4.78, 5) is 15.1. The molecule has 3 fully saturated rings. The minimum atomic E-state index is -4.15. The fourth-order valence-electron chi connectivity index (χ4n) is 5.57. The molecule has 0 spiro atoms. The van der Waals surface area contributed by atoms with Gasteiger partial charge in [-0.05, 0) is 68.4 Å². The van der Waals surface area contributed by atoms with Crippen LogP contribution in [0.3, 0.4) is 0 Å². The van der Waals surface area contributed by atoms with E-state index in [1.807, 2.05) is 24.3 Å². The van der Waals surface area contributed by atoms with Gasteiger partial charge in [-0.25, -0.2) is 12.7 Å². The van der Waals surface area contributed by atoms with E-state index < -0.39 is 33.3 Å². The second kappa shape index (κ2) is 10.8. The summed E-state index contributed by atoms with van der Waals surface area (Å²) in [5.74, 6) is -0.880. The smallest absolute Gasteiger partial charge is 0.300 e. The maximum atomic E-state index is 13.8. The summed E-state index contributed by atoms with van der Waals surface area (Å²) in [5, 5.41) is 9.69. The van der Waals surface area contributed by atoms with E-state index in [0.717, 1.165) is 24.0 Å². The highest BCUT2D eigenvalue weighted by atomic mass is 35.5. The number of likely N-dealkylation sites (tertiary alicyclic amines) is 1. The quantitative estimate of drug-likeness (QED) is 0.293. The van der Waals surface area contributed by atoms with Gasteiger partial charge in [0.15, 0.2) is 4.75 Å². The van der Waals surface area contributed by atoms with Crippen LogP contribution in [-0.2, 0) is 21.2 Å². The first kappa shape index (κ1) is 27.6. The molecule has 202 valence electrons. The monoisotopic (exact) mass is 551 g/mol. The number of carbonyl (C=O) groups excluding carboxylic acids is 1. The van der Waals surface area contributed by atoms with Crippen molar-refractivity contribution in [2.75, 3.05) is 26.2 Å². The van der Waals surface area contributed by atoms with Gasteiger partial charge in [0.1, 0.15) is 0 Å². The predicted octanol–water partition coefficient (Wildman–Crippen LogP) is 4.45. The second-order valence-electron chi connectivity index (χ2n) is 10.2. The molecule has 1 aliphatic carbocycles. The molecular weight excluding hydrogens is 519 g/mol. The third kappa shape index (κ3) is 6.01. The molecule has 2 aliphatic heterocycles. The van der Waals surface area contributed by atoms with Gasteiger partial charge in [-0.2, -0.15) is 13.2 Å². The molecule has 0 bridgehead atoms. The Balaban J connectivity index is 1.38. The van der Waals surface area contributed by atoms with Crippen LogP contribution in [0.1, 0.15) is 68.4 Å². The Morgan fingerprint density at radius 3 is 2.14 bits per heavy atom. The fourth-order valence-corrected chi connectivity index (χ4v) is 7.97. The molecule has 12 heteroatoms. The molecule has 0 atom stereocenters. The number of benzene rings is 1. The normalized spacial score (nSPS) is 22.5. The summed E-state index contributed by atoms with van der Waals surface area (Å²) in [6.07, 6.45) is -1.08. The van der Waals surface area contributed by atoms with E-state index in [0.29, 0.717) is 38.4 Å². The summed E-state index contributed by atoms with van der Waals surface area (Å²) in [7, 11) is -4.08. The Kier molecular flexibility index (Phi) is 8.26. The molecule has 3 aliphatic rings. The van der Waals surface area contributed by atoms with Crippen molar-refractivity contribution < 1.29 is 31.6 Å². The fraction of sp³-hybridized carbons (Fsp3) is 0.708. The van der Waals surface area contributed by atoms with Gasteiger partial charge >= 0.3 is 6.18 Å². The largest absolute Gasteiger partial charge is 0.389 e. The molecule has 1 aromatic rings. The first-order valence-corrected chi connectivity index (χ1v) is 14.3. The van der Waals surface area contributed by atoms with Crippen molar-refractivity contribution in [3.8, 4) is 0 Å². The number of hydroxylamine groups is 1. The van der Waals surface area contributed by atoms with Crippen molar-refractivity contribution >= 4 is 27.7 Å². The van der Waals surface area contributed by atoms with E-state index in [1.54, 1.807) is 0 Å². The van der Waals surface area contributed by atoms with Crippen LogP contribution in [0.2, 0.25) is 0 Å². The van der Waals surface area contributed by atoms with E-state index in [2.05, 4.69) is 4.90 Å². The lowest BCUT2D eigenvalue weighted by molar-refractivity contribution is -0.150. The zero-order valence-corrected chi connectivity index (χ0v) is 21.7. The maximum absolute atomic E-state index is 13.8. The number of halogens is 4. The van der Waals surface area contributed by atoms with Crippen molar-refractivity contribution in [3.63, 3.8) is 0 Å². The van der Waals surface area contributed by atoms with Gasteiger partial charge in [0.2, 0.25) is 10.0 Å². The zero-order chi connectivity index (χ0) is 26.1. The van der Waals surface area contributed by atoms with Crippen molar-refractivity contribution in [2.24, 2.45) is 0 Å². The number of aryl methyl sites for hydroxylation is 1. The molecule has 0 unspecified atom stereocenters. The van der Waals surface area contributed by atoms with Gasteiger partial charge in [-0.3, -0.25) is 10.0 Å². The third-order valence-corrected chi connectivity index (χ3v) is 10.7. The molecule has 1 saturated carbocycles. The van der Waals surface area contributed by atoms with E-state index >= 15 is 0 Å². The molecule has 1 N–H and O–H groups in total. The van der Waals surface area contributed by atoms with Gasteiger partial charge in [-0.15, -0.1) is 4.58 Å². The molecule has 1 amide bonds. The Morgan fingerprint density at radius 2 is 1.64 bits per heavy atom. The number of hydrogen-bond acceptors (Lipinski definition) is 5. The van der Waals surface area contributed by atoms with Gasteiger partial charge in [0.05, 0.1) is 0 Å². The summed E-state index contributed by atoms with van der Waals surface area (Å²) in [5.41, 5.74) is 1.87. The highest BCUT2D eigenvalue weighted by Crippen LogP contribution is 2.41. The Morgan fingerprint density at radius 1 is 1.06 bits per heavy atom. The number of rotatable bonds is 8. The minimum absolute atomic E-state index is 0.0472. The average molecular weight is 552 g/mol. The van der Waals surface area contributed by atoms with Crippen LogP contribution in [0.4, 0.5) is 13.2 Å². The van der Waals surface area contributed by atoms with E-state index in [1.165, 1.54) is 4.31 Å². The van der Waals surface area contributed by atoms with Crippen molar-refractivity contribution in [1.29, 1.82) is 0 Å². The minimum Gasteiger partial charge on any atom is -0.300 e. The molecule has 2 heterocycles. The number of piperidine rings is 2. The molecule has 4 rings (SSSR count). The molecule has 0 aromatic heterocycles. The Hall–Kier alpha value is -1.40. The number of amides is 1. The van der Waals surface area contributed by atoms with Crippen LogP contribution < -0.4 is 0 Å². The van der Waals surface area contributed by atoms with Crippen LogP contribution >= 0.6 is 11.8 Å². The summed E-state index contributed by atoms with van der Waals surface area (Å²) in [6.45, 7) is 1.42. The number of nitrogens with zero attached hydrogens (tertiary/aromatic N) is 3. The predicted molar refractivity (Wildman–Crippen MR) is 129 cm³/mol. The van der Waals surface area contributed by atoms with E-state index in [4.69, 9.17) is 11.8 Å². The van der Waals surface area contributed by atoms with Crippen LogP contribution in [0, 0.1) is 0 Å². The maximum Gasteiger partial charge on any atom is 0.389 e. The highest BCUT2D eigenvalue weighted by molar-refractivity contribution is 7.91. The molecule has 2 saturated heterocycles. The number of sulfonamides is 1. The van der Waals surface area contributed by atoms with Crippen LogP contribution in [0.15, 0.2) is 24.3 Å². The number of alkyl halides is 3. The standard InChI is InChI=1S/C24H33ClF3N3O4S/c25-31(33)22(32)23(12-16-29(17-13-23)21-7-8-21)36(34,35)30-14-9-20(10-15-30)19-5-3-18(4-6-19)2-1-11-24(26,27)28/h3-6,20-21,33H,1-2,7-17H2. The first-order valence-electron chi connectivity index (χ1n) is 12.5. The lowest BCUT2D eigenvalue weighted by atomic mass is 9.89. The molecule has 7 nitrogen and oxygen atoms in total. The van der Waals surface area contributed by atoms with Crippen LogP contribution in [0.5, 0.6) is 0 Å². The van der Waals surface area contributed by atoms with Gasteiger partial charge < -0.3 is 4.90 Å². The highest BCUT2D eigenvalue weighted by Gasteiger charge is 2.57. The zero-order valence-electron chi connectivity index (χ0n) is 20.1. The summed E-state index contributed by atoms with van der Waals surface area (Å²) >= 11 is 5.56. The number of carbonyl (C=O) groups is 1. The topological polar surface area (TPSA) is 81.2 Å². The van der Waals surface area contributed by atoms with E-state index in [9.17, 15) is 31.6 Å². The van der Waals surface area contributed by atoms with Crippen molar-refractivity contribution in [3.05, 3.63) is 35.4 Å². The molecule has 36 heavy (non-hydrogen) atoms. The SMILES string of the molecule is O=C(N(O)Cl)C1(S(=O)(=O)N2CCC(c3ccc(CCCC(F)(F)F)cc3)CC2)CCN(C2CC2)CC1. The first-order chi connectivity index (χ1) is 16.9. The summed E-state index contributed by atoms with van der Waals surface area (Å²) < 4.78 is 64.1. The molecule has 0 radical (unpaired) electrons. The van der Waals surface area contributed by atoms with Crippen molar-refractivity contribution in [2.45, 2.75) is 80.7 Å². The van der Waals surface area contributed by atoms with Crippen molar-refractivity contribution in [1.82, 2.24) is 13.8 Å². The number of hydrogen-bond donors (Lipinski definition) is 1. The van der Waals surface area contributed by atoms with Gasteiger partial charge in [0, 0.05) is 50.4 Å². The molecular formula is C24H33ClF3N3O4S. The lowest BCUT2D eigenvalue weighted by Gasteiger charge is -2.44. The third-order valence-electron chi connectivity index (χ3n) is 7.89. The Bertz CT molecular complexity index is 1020. The molecule has 1 aromatic carbocycles. The average Bonchev–Trinajstić information content (AvgIpc) is 3.69. The van der Waals surface area contributed by atoms with Crippen LogP contribution in [0.25, 0.3) is 0 Å². The van der Waals surface area contributed by atoms with Gasteiger partial charge in [0.25, 0.3) is 5.91 Å². The lowest BCUT2D eigenvalue weighted by Crippen LogP contribution is -2.61.